The third-order valence-corrected chi connectivity index (χ3v) is 5.53. The number of hydrogen-bond acceptors (Lipinski definition) is 8. The highest BCUT2D eigenvalue weighted by Gasteiger charge is 2.19. The molecule has 1 heterocycles. The lowest BCUT2D eigenvalue weighted by molar-refractivity contribution is -0.384. The quantitative estimate of drug-likeness (QED) is 0.267. The summed E-state index contributed by atoms with van der Waals surface area (Å²) >= 11 is 7.42. The van der Waals surface area contributed by atoms with Crippen molar-refractivity contribution in [3.63, 3.8) is 0 Å². The first kappa shape index (κ1) is 24.1. The molecule has 3 rings (SSSR count). The Morgan fingerprint density at radius 3 is 2.79 bits per heavy atom. The number of carbonyl (C=O) groups excluding carboxylic acids is 2. The lowest BCUT2D eigenvalue weighted by Crippen LogP contribution is -2.20. The second-order valence-corrected chi connectivity index (χ2v) is 7.90. The molecule has 12 heteroatoms. The van der Waals surface area contributed by atoms with Crippen molar-refractivity contribution < 1.29 is 24.4 Å². The van der Waals surface area contributed by atoms with Crippen LogP contribution >= 0.6 is 22.9 Å². The molecule has 10 nitrogen and oxygen atoms in total. The number of nitrogens with one attached hydrogen (secondary N) is 1. The van der Waals surface area contributed by atoms with Crippen LogP contribution < -0.4 is 10.1 Å². The zero-order valence-electron chi connectivity index (χ0n) is 17.1. The van der Waals surface area contributed by atoms with Gasteiger partial charge in [0.25, 0.3) is 11.6 Å². The number of ether oxygens (including phenoxy) is 1. The Bertz CT molecular complexity index is 1240. The van der Waals surface area contributed by atoms with Gasteiger partial charge in [-0.2, -0.15) is 4.99 Å². The van der Waals surface area contributed by atoms with Crippen molar-refractivity contribution in [2.45, 2.75) is 6.54 Å². The molecule has 0 unspecified atom stereocenters. The van der Waals surface area contributed by atoms with Gasteiger partial charge in [-0.25, -0.2) is 4.79 Å². The average molecular weight is 491 g/mol. The summed E-state index contributed by atoms with van der Waals surface area (Å²) in [6, 6.07) is 10.9. The molecule has 1 aromatic heterocycles. The van der Waals surface area contributed by atoms with E-state index >= 15 is 0 Å². The summed E-state index contributed by atoms with van der Waals surface area (Å²) in [6.07, 6.45) is 1.76. The normalized spacial score (nSPS) is 11.3. The van der Waals surface area contributed by atoms with Gasteiger partial charge >= 0.3 is 5.97 Å². The van der Waals surface area contributed by atoms with Crippen molar-refractivity contribution in [3.8, 4) is 0 Å². The topological polar surface area (TPSA) is 136 Å². The molecule has 0 aliphatic rings. The summed E-state index contributed by atoms with van der Waals surface area (Å²) in [6.45, 7) is -0.332. The van der Waals surface area contributed by atoms with E-state index in [2.05, 4.69) is 10.3 Å². The number of amides is 1. The second-order valence-electron chi connectivity index (χ2n) is 6.62. The van der Waals surface area contributed by atoms with Crippen LogP contribution in [0.2, 0.25) is 5.02 Å². The number of thiazole rings is 1. The van der Waals surface area contributed by atoms with Gasteiger partial charge in [-0.05, 0) is 17.7 Å². The van der Waals surface area contributed by atoms with Gasteiger partial charge in [-0.1, -0.05) is 29.8 Å². The highest BCUT2D eigenvalue weighted by Crippen LogP contribution is 2.23. The number of nitro benzene ring substituents is 1. The van der Waals surface area contributed by atoms with Crippen molar-refractivity contribution >= 4 is 46.2 Å². The van der Waals surface area contributed by atoms with E-state index in [9.17, 15) is 19.7 Å². The predicted octanol–water partition coefficient (Wildman–Crippen LogP) is 2.85. The lowest BCUT2D eigenvalue weighted by atomic mass is 10.1. The maximum atomic E-state index is 12.5. The number of carbonyl (C=O) groups is 2. The molecule has 0 radical (unpaired) electrons. The molecule has 0 bridgehead atoms. The minimum atomic E-state index is -0.933. The fraction of sp³-hybridized carbons (Fsp3) is 0.190. The van der Waals surface area contributed by atoms with Gasteiger partial charge in [0.15, 0.2) is 11.4 Å². The van der Waals surface area contributed by atoms with E-state index in [1.165, 1.54) is 23.5 Å². The Hall–Kier alpha value is -3.54. The number of halogens is 1. The van der Waals surface area contributed by atoms with Gasteiger partial charge in [0.05, 0.1) is 23.6 Å². The lowest BCUT2D eigenvalue weighted by Gasteiger charge is -2.10. The maximum Gasteiger partial charge on any atom is 0.341 e. The third kappa shape index (κ3) is 6.48. The SMILES string of the molecule is O=C(COC(=O)c1cc([N+](=O)[O-])ccc1NCCO)N=c1sccn1Cc1ccccc1Cl. The smallest absolute Gasteiger partial charge is 0.341 e. The molecular weight excluding hydrogens is 472 g/mol. The first-order valence-corrected chi connectivity index (χ1v) is 10.9. The number of rotatable bonds is 9. The Labute approximate surface area is 196 Å². The molecule has 0 atom stereocenters. The van der Waals surface area contributed by atoms with E-state index in [-0.39, 0.29) is 30.1 Å². The molecule has 2 aromatic carbocycles. The predicted molar refractivity (Wildman–Crippen MR) is 122 cm³/mol. The largest absolute Gasteiger partial charge is 0.452 e. The summed E-state index contributed by atoms with van der Waals surface area (Å²) in [7, 11) is 0. The summed E-state index contributed by atoms with van der Waals surface area (Å²) in [5.74, 6) is -1.63. The number of non-ortho nitro benzene ring substituents is 1. The molecule has 3 aromatic rings. The first-order chi connectivity index (χ1) is 15.9. The Kier molecular flexibility index (Phi) is 8.30. The third-order valence-electron chi connectivity index (χ3n) is 4.37. The average Bonchev–Trinajstić information content (AvgIpc) is 3.23. The standard InChI is InChI=1S/C21H19ClN4O6S/c22-17-4-2-1-3-14(17)12-25-8-10-33-21(25)24-19(28)13-32-20(29)16-11-15(26(30)31)5-6-18(16)23-7-9-27/h1-6,8,10-11,23,27H,7,9,12-13H2. The number of hydrogen-bond donors (Lipinski definition) is 2. The molecular formula is C21H19ClN4O6S. The van der Waals surface area contributed by atoms with Crippen LogP contribution in [-0.2, 0) is 16.1 Å². The van der Waals surface area contributed by atoms with Crippen molar-refractivity contribution in [1.29, 1.82) is 0 Å². The van der Waals surface area contributed by atoms with Crippen LogP contribution in [0.3, 0.4) is 0 Å². The van der Waals surface area contributed by atoms with Gasteiger partial charge in [-0.15, -0.1) is 11.3 Å². The highest BCUT2D eigenvalue weighted by molar-refractivity contribution is 7.07. The molecule has 0 aliphatic heterocycles. The summed E-state index contributed by atoms with van der Waals surface area (Å²) < 4.78 is 6.78. The van der Waals surface area contributed by atoms with Crippen LogP contribution in [0.5, 0.6) is 0 Å². The van der Waals surface area contributed by atoms with Crippen molar-refractivity contribution in [2.75, 3.05) is 25.1 Å². The van der Waals surface area contributed by atoms with E-state index < -0.39 is 23.4 Å². The minimum Gasteiger partial charge on any atom is -0.452 e. The molecule has 0 saturated heterocycles. The van der Waals surface area contributed by atoms with Crippen molar-refractivity contribution in [3.05, 3.63) is 85.1 Å². The molecule has 33 heavy (non-hydrogen) atoms. The van der Waals surface area contributed by atoms with Crippen LogP contribution in [0.1, 0.15) is 15.9 Å². The fourth-order valence-electron chi connectivity index (χ4n) is 2.82. The van der Waals surface area contributed by atoms with Crippen molar-refractivity contribution in [2.24, 2.45) is 4.99 Å². The first-order valence-electron chi connectivity index (χ1n) is 9.64. The minimum absolute atomic E-state index is 0.121. The monoisotopic (exact) mass is 490 g/mol. The zero-order chi connectivity index (χ0) is 23.8. The van der Waals surface area contributed by atoms with Gasteiger partial charge in [0, 0.05) is 41.0 Å². The number of nitro groups is 1. The van der Waals surface area contributed by atoms with Crippen LogP contribution in [0.25, 0.3) is 0 Å². The number of benzene rings is 2. The van der Waals surface area contributed by atoms with Gasteiger partial charge in [-0.3, -0.25) is 14.9 Å². The van der Waals surface area contributed by atoms with E-state index in [1.807, 2.05) is 18.2 Å². The maximum absolute atomic E-state index is 12.5. The van der Waals surface area contributed by atoms with E-state index in [4.69, 9.17) is 21.4 Å². The Morgan fingerprint density at radius 2 is 2.06 bits per heavy atom. The van der Waals surface area contributed by atoms with E-state index in [1.54, 1.807) is 22.2 Å². The summed E-state index contributed by atoms with van der Waals surface area (Å²) in [5, 5.41) is 25.1. The molecule has 0 aliphatic carbocycles. The van der Waals surface area contributed by atoms with E-state index in [0.717, 1.165) is 11.6 Å². The Morgan fingerprint density at radius 1 is 1.27 bits per heavy atom. The number of aliphatic hydroxyl groups excluding tert-OH is 1. The van der Waals surface area contributed by atoms with Gasteiger partial charge in [0.1, 0.15) is 0 Å². The fourth-order valence-corrected chi connectivity index (χ4v) is 3.76. The summed E-state index contributed by atoms with van der Waals surface area (Å²) in [4.78, 5) is 39.6. The zero-order valence-corrected chi connectivity index (χ0v) is 18.7. The van der Waals surface area contributed by atoms with Crippen LogP contribution in [0, 0.1) is 10.1 Å². The van der Waals surface area contributed by atoms with Gasteiger partial charge < -0.3 is 19.7 Å². The molecule has 0 fully saturated rings. The van der Waals surface area contributed by atoms with Gasteiger partial charge in [0.2, 0.25) is 0 Å². The van der Waals surface area contributed by atoms with Crippen molar-refractivity contribution in [1.82, 2.24) is 4.57 Å². The van der Waals surface area contributed by atoms with Crippen LogP contribution in [-0.4, -0.2) is 46.2 Å². The molecule has 1 amide bonds. The Balaban J connectivity index is 1.72. The number of aromatic nitrogens is 1. The van der Waals surface area contributed by atoms with E-state index in [0.29, 0.717) is 16.4 Å². The number of esters is 1. The molecule has 0 spiro atoms. The summed E-state index contributed by atoms with van der Waals surface area (Å²) in [5.41, 5.74) is 0.647. The molecule has 172 valence electrons. The van der Waals surface area contributed by atoms with Crippen LogP contribution in [0.15, 0.2) is 59.0 Å². The molecule has 2 N–H and O–H groups in total. The molecule has 0 saturated carbocycles. The number of anilines is 1. The number of nitrogens with zero attached hydrogens (tertiary/aromatic N) is 3. The highest BCUT2D eigenvalue weighted by atomic mass is 35.5. The number of aliphatic hydroxyl groups is 1. The van der Waals surface area contributed by atoms with Crippen LogP contribution in [0.4, 0.5) is 11.4 Å². The second kappa shape index (κ2) is 11.4.